The van der Waals surface area contributed by atoms with Gasteiger partial charge in [-0.1, -0.05) is 23.7 Å². The van der Waals surface area contributed by atoms with Gasteiger partial charge in [0.05, 0.1) is 5.52 Å². The standard InChI is InChI=1S/C21H15ClFNO4S2/c22-15-5-6-18-17(11-15)14(4-8-20(25)26)12-24(18)30(27,28)21-9-7-19(29-21)13-2-1-3-16(23)10-13/h1-3,5-7,9-12H,4,8H2,(H,25,26). The van der Waals surface area contributed by atoms with E-state index in [4.69, 9.17) is 16.7 Å². The van der Waals surface area contributed by atoms with Crippen molar-refractivity contribution >= 4 is 49.8 Å². The van der Waals surface area contributed by atoms with E-state index in [0.29, 0.717) is 31.9 Å². The van der Waals surface area contributed by atoms with E-state index in [0.717, 1.165) is 15.3 Å². The Morgan fingerprint density at radius 2 is 1.93 bits per heavy atom. The molecule has 154 valence electrons. The van der Waals surface area contributed by atoms with Crippen LogP contribution in [0.5, 0.6) is 0 Å². The summed E-state index contributed by atoms with van der Waals surface area (Å²) in [6.45, 7) is 0. The maximum atomic E-state index is 13.5. The van der Waals surface area contributed by atoms with Crippen LogP contribution in [-0.4, -0.2) is 23.5 Å². The van der Waals surface area contributed by atoms with Gasteiger partial charge in [-0.15, -0.1) is 11.3 Å². The van der Waals surface area contributed by atoms with E-state index < -0.39 is 21.8 Å². The summed E-state index contributed by atoms with van der Waals surface area (Å²) < 4.78 is 41.5. The number of carboxylic acid groups (broad SMARTS) is 1. The molecule has 0 aliphatic heterocycles. The quantitative estimate of drug-likeness (QED) is 0.414. The predicted molar refractivity (Wildman–Crippen MR) is 115 cm³/mol. The number of carbonyl (C=O) groups is 1. The zero-order chi connectivity index (χ0) is 21.5. The fourth-order valence-corrected chi connectivity index (χ4v) is 6.19. The largest absolute Gasteiger partial charge is 0.481 e. The third-order valence-corrected chi connectivity index (χ3v) is 8.14. The molecule has 30 heavy (non-hydrogen) atoms. The van der Waals surface area contributed by atoms with Crippen LogP contribution in [0.25, 0.3) is 21.3 Å². The maximum Gasteiger partial charge on any atom is 0.303 e. The molecule has 0 aliphatic rings. The Labute approximate surface area is 181 Å². The number of hydrogen-bond acceptors (Lipinski definition) is 4. The smallest absolute Gasteiger partial charge is 0.303 e. The third-order valence-electron chi connectivity index (χ3n) is 4.63. The molecule has 5 nitrogen and oxygen atoms in total. The molecule has 0 amide bonds. The molecule has 0 aliphatic carbocycles. The Bertz CT molecular complexity index is 1370. The summed E-state index contributed by atoms with van der Waals surface area (Å²) in [6, 6.07) is 13.9. The van der Waals surface area contributed by atoms with Gasteiger partial charge in [0.2, 0.25) is 0 Å². The summed E-state index contributed by atoms with van der Waals surface area (Å²) in [5, 5.41) is 10.0. The number of fused-ring (bicyclic) bond motifs is 1. The summed E-state index contributed by atoms with van der Waals surface area (Å²) in [4.78, 5) is 11.6. The fourth-order valence-electron chi connectivity index (χ4n) is 3.23. The summed E-state index contributed by atoms with van der Waals surface area (Å²) in [6.07, 6.45) is 1.49. The summed E-state index contributed by atoms with van der Waals surface area (Å²) in [7, 11) is -3.94. The van der Waals surface area contributed by atoms with Gasteiger partial charge >= 0.3 is 5.97 Å². The molecule has 2 heterocycles. The topological polar surface area (TPSA) is 76.4 Å². The SMILES string of the molecule is O=C(O)CCc1cn(S(=O)(=O)c2ccc(-c3cccc(F)c3)s2)c2ccc(Cl)cc12. The van der Waals surface area contributed by atoms with E-state index in [2.05, 4.69) is 0 Å². The number of carboxylic acids is 1. The maximum absolute atomic E-state index is 13.5. The van der Waals surface area contributed by atoms with Gasteiger partial charge in [0, 0.05) is 27.9 Å². The first-order valence-corrected chi connectivity index (χ1v) is 11.5. The van der Waals surface area contributed by atoms with Crippen molar-refractivity contribution in [3.63, 3.8) is 0 Å². The lowest BCUT2D eigenvalue weighted by Gasteiger charge is -2.05. The number of thiophene rings is 1. The van der Waals surface area contributed by atoms with Crippen LogP contribution in [0.2, 0.25) is 5.02 Å². The monoisotopic (exact) mass is 463 g/mol. The van der Waals surface area contributed by atoms with Crippen LogP contribution in [0.3, 0.4) is 0 Å². The average Bonchev–Trinajstić information content (AvgIpc) is 3.32. The van der Waals surface area contributed by atoms with E-state index in [1.807, 2.05) is 0 Å². The number of nitrogens with zero attached hydrogens (tertiary/aromatic N) is 1. The average molecular weight is 464 g/mol. The van der Waals surface area contributed by atoms with Crippen molar-refractivity contribution in [2.75, 3.05) is 0 Å². The van der Waals surface area contributed by atoms with Gasteiger partial charge in [-0.25, -0.2) is 8.36 Å². The van der Waals surface area contributed by atoms with Gasteiger partial charge < -0.3 is 5.11 Å². The summed E-state index contributed by atoms with van der Waals surface area (Å²) in [5.74, 6) is -1.37. The number of rotatable bonds is 6. The number of aromatic nitrogens is 1. The van der Waals surface area contributed by atoms with Crippen molar-refractivity contribution < 1.29 is 22.7 Å². The van der Waals surface area contributed by atoms with Crippen LogP contribution in [0.1, 0.15) is 12.0 Å². The molecule has 4 rings (SSSR count). The third kappa shape index (κ3) is 3.86. The van der Waals surface area contributed by atoms with Crippen LogP contribution in [0.15, 0.2) is 65.0 Å². The first-order chi connectivity index (χ1) is 14.3. The molecule has 4 aromatic rings. The highest BCUT2D eigenvalue weighted by atomic mass is 35.5. The number of aryl methyl sites for hydroxylation is 1. The fraction of sp³-hybridized carbons (Fsp3) is 0.0952. The van der Waals surface area contributed by atoms with Crippen molar-refractivity contribution in [3.8, 4) is 10.4 Å². The van der Waals surface area contributed by atoms with Crippen molar-refractivity contribution in [2.24, 2.45) is 0 Å². The summed E-state index contributed by atoms with van der Waals surface area (Å²) >= 11 is 7.11. The van der Waals surface area contributed by atoms with Crippen LogP contribution in [-0.2, 0) is 21.2 Å². The highest BCUT2D eigenvalue weighted by Gasteiger charge is 2.24. The van der Waals surface area contributed by atoms with Crippen LogP contribution < -0.4 is 0 Å². The number of hydrogen-bond donors (Lipinski definition) is 1. The Kier molecular flexibility index (Phi) is 5.40. The van der Waals surface area contributed by atoms with E-state index in [1.54, 1.807) is 36.4 Å². The van der Waals surface area contributed by atoms with E-state index in [1.165, 1.54) is 24.4 Å². The van der Waals surface area contributed by atoms with Crippen LogP contribution >= 0.6 is 22.9 Å². The first-order valence-electron chi connectivity index (χ1n) is 8.88. The molecule has 0 bridgehead atoms. The second-order valence-corrected chi connectivity index (χ2v) is 10.2. The Morgan fingerprint density at radius 1 is 1.13 bits per heavy atom. The van der Waals surface area contributed by atoms with E-state index in [-0.39, 0.29) is 17.1 Å². The molecule has 0 radical (unpaired) electrons. The highest BCUT2D eigenvalue weighted by molar-refractivity contribution is 7.92. The molecule has 2 aromatic carbocycles. The zero-order valence-electron chi connectivity index (χ0n) is 15.4. The molecule has 0 fully saturated rings. The minimum Gasteiger partial charge on any atom is -0.481 e. The molecule has 0 saturated carbocycles. The normalized spacial score (nSPS) is 11.8. The summed E-state index contributed by atoms with van der Waals surface area (Å²) in [5.41, 5.74) is 1.59. The van der Waals surface area contributed by atoms with Crippen LogP contribution in [0, 0.1) is 5.82 Å². The van der Waals surface area contributed by atoms with Gasteiger partial charge in [0.25, 0.3) is 10.0 Å². The zero-order valence-corrected chi connectivity index (χ0v) is 17.8. The Morgan fingerprint density at radius 3 is 2.67 bits per heavy atom. The van der Waals surface area contributed by atoms with Gasteiger partial charge in [-0.05, 0) is 60.0 Å². The van der Waals surface area contributed by atoms with Gasteiger partial charge in [-0.2, -0.15) is 8.42 Å². The number of benzene rings is 2. The molecule has 0 spiro atoms. The predicted octanol–water partition coefficient (Wildman–Crippen LogP) is 5.42. The van der Waals surface area contributed by atoms with E-state index in [9.17, 15) is 17.6 Å². The lowest BCUT2D eigenvalue weighted by molar-refractivity contribution is -0.136. The molecular formula is C21H15ClFNO4S2. The van der Waals surface area contributed by atoms with Crippen molar-refractivity contribution in [2.45, 2.75) is 17.1 Å². The van der Waals surface area contributed by atoms with Crippen molar-refractivity contribution in [3.05, 3.63) is 77.2 Å². The molecule has 1 N–H and O–H groups in total. The number of halogens is 2. The Balaban J connectivity index is 1.80. The molecule has 0 saturated heterocycles. The van der Waals surface area contributed by atoms with Crippen LogP contribution in [0.4, 0.5) is 4.39 Å². The second kappa shape index (κ2) is 7.86. The second-order valence-electron chi connectivity index (χ2n) is 6.64. The molecule has 0 atom stereocenters. The van der Waals surface area contributed by atoms with Crippen molar-refractivity contribution in [1.29, 1.82) is 0 Å². The van der Waals surface area contributed by atoms with Gasteiger partial charge in [-0.3, -0.25) is 4.79 Å². The highest BCUT2D eigenvalue weighted by Crippen LogP contribution is 2.35. The lowest BCUT2D eigenvalue weighted by atomic mass is 10.1. The van der Waals surface area contributed by atoms with E-state index >= 15 is 0 Å². The first kappa shape index (κ1) is 20.6. The molecule has 9 heteroatoms. The molecule has 2 aromatic heterocycles. The van der Waals surface area contributed by atoms with Gasteiger partial charge in [0.1, 0.15) is 10.0 Å². The van der Waals surface area contributed by atoms with Gasteiger partial charge in [0.15, 0.2) is 0 Å². The Hall–Kier alpha value is -2.68. The number of aliphatic carboxylic acids is 1. The lowest BCUT2D eigenvalue weighted by Crippen LogP contribution is -2.10. The molecular weight excluding hydrogens is 449 g/mol. The minimum atomic E-state index is -3.94. The van der Waals surface area contributed by atoms with Crippen molar-refractivity contribution in [1.82, 2.24) is 3.97 Å². The minimum absolute atomic E-state index is 0.0957. The molecule has 0 unspecified atom stereocenters.